The van der Waals surface area contributed by atoms with Crippen LogP contribution in [0.4, 0.5) is 4.39 Å². The zero-order valence-electron chi connectivity index (χ0n) is 16.6. The molecule has 1 saturated carbocycles. The highest BCUT2D eigenvalue weighted by molar-refractivity contribution is 5.76. The van der Waals surface area contributed by atoms with Crippen molar-refractivity contribution in [2.24, 2.45) is 0 Å². The third-order valence-electron chi connectivity index (χ3n) is 5.20. The predicted octanol–water partition coefficient (Wildman–Crippen LogP) is 3.13. The average Bonchev–Trinajstić information content (AvgIpc) is 2.69. The Bertz CT molecular complexity index is 560. The number of halogens is 1. The number of carbonyl (C=O) groups excluding carboxylic acids is 1. The lowest BCUT2D eigenvalue weighted by Crippen LogP contribution is -2.47. The van der Waals surface area contributed by atoms with Crippen LogP contribution in [0.1, 0.15) is 44.1 Å². The van der Waals surface area contributed by atoms with Gasteiger partial charge in [0.05, 0.1) is 6.54 Å². The molecule has 1 N–H and O–H groups in total. The Balaban J connectivity index is 1.77. The average molecular weight is 381 g/mol. The highest BCUT2D eigenvalue weighted by Gasteiger charge is 2.27. The second-order valence-corrected chi connectivity index (χ2v) is 7.12. The lowest BCUT2D eigenvalue weighted by Gasteiger charge is -2.36. The van der Waals surface area contributed by atoms with Gasteiger partial charge in [0.2, 0.25) is 5.91 Å². The summed E-state index contributed by atoms with van der Waals surface area (Å²) in [7, 11) is 3.21. The van der Waals surface area contributed by atoms with Crippen molar-refractivity contribution < 1.29 is 18.7 Å². The van der Waals surface area contributed by atoms with E-state index in [0.29, 0.717) is 19.5 Å². The number of methoxy groups -OCH3 is 2. The van der Waals surface area contributed by atoms with Gasteiger partial charge in [-0.05, 0) is 43.5 Å². The van der Waals surface area contributed by atoms with Gasteiger partial charge < -0.3 is 19.7 Å². The predicted molar refractivity (Wildman–Crippen MR) is 104 cm³/mol. The van der Waals surface area contributed by atoms with Crippen LogP contribution in [0.2, 0.25) is 0 Å². The number of ether oxygens (including phenoxy) is 2. The van der Waals surface area contributed by atoms with Gasteiger partial charge in [-0.2, -0.15) is 0 Å². The molecule has 0 aliphatic heterocycles. The fraction of sp³-hybridized carbons (Fsp3) is 0.667. The molecule has 2 rings (SSSR count). The number of carbonyl (C=O) groups is 1. The molecule has 1 aliphatic carbocycles. The van der Waals surface area contributed by atoms with E-state index in [1.165, 1.54) is 25.3 Å². The monoisotopic (exact) mass is 380 g/mol. The first-order chi connectivity index (χ1) is 13.1. The zero-order valence-corrected chi connectivity index (χ0v) is 16.6. The quantitative estimate of drug-likeness (QED) is 0.473. The Morgan fingerprint density at radius 1 is 1.22 bits per heavy atom. The summed E-state index contributed by atoms with van der Waals surface area (Å²) in [5, 5.41) is 3.29. The van der Waals surface area contributed by atoms with Gasteiger partial charge in [0, 0.05) is 33.2 Å². The minimum atomic E-state index is -0.392. The number of nitrogens with zero attached hydrogens (tertiary/aromatic N) is 1. The summed E-state index contributed by atoms with van der Waals surface area (Å²) < 4.78 is 23.8. The lowest BCUT2D eigenvalue weighted by atomic mass is 9.94. The maximum atomic E-state index is 13.2. The van der Waals surface area contributed by atoms with Crippen LogP contribution in [0.25, 0.3) is 0 Å². The Hall–Kier alpha value is -1.50. The molecule has 0 saturated heterocycles. The molecule has 0 atom stereocenters. The van der Waals surface area contributed by atoms with E-state index >= 15 is 0 Å². The van der Waals surface area contributed by atoms with Crippen LogP contribution in [0.15, 0.2) is 24.3 Å². The molecule has 1 aliphatic rings. The molecule has 0 aromatic heterocycles. The van der Waals surface area contributed by atoms with Crippen LogP contribution in [-0.4, -0.2) is 57.0 Å². The molecule has 0 radical (unpaired) electrons. The summed E-state index contributed by atoms with van der Waals surface area (Å²) >= 11 is 0. The first-order valence-electron chi connectivity index (χ1n) is 9.94. The van der Waals surface area contributed by atoms with E-state index in [0.717, 1.165) is 31.4 Å². The van der Waals surface area contributed by atoms with E-state index in [1.54, 1.807) is 26.4 Å². The third-order valence-corrected chi connectivity index (χ3v) is 5.20. The van der Waals surface area contributed by atoms with Crippen molar-refractivity contribution in [1.82, 2.24) is 10.2 Å². The smallest absolute Gasteiger partial charge is 0.224 e. The molecule has 27 heavy (non-hydrogen) atoms. The van der Waals surface area contributed by atoms with E-state index in [1.807, 2.05) is 11.0 Å². The fourth-order valence-corrected chi connectivity index (χ4v) is 3.64. The van der Waals surface area contributed by atoms with Gasteiger partial charge in [-0.1, -0.05) is 31.4 Å². The van der Waals surface area contributed by atoms with E-state index in [-0.39, 0.29) is 17.8 Å². The number of nitrogens with one attached hydrogen (secondary N) is 1. The van der Waals surface area contributed by atoms with Crippen molar-refractivity contribution >= 4 is 5.91 Å². The molecule has 0 heterocycles. The van der Waals surface area contributed by atoms with Gasteiger partial charge in [0.25, 0.3) is 0 Å². The molecule has 0 bridgehead atoms. The SMILES string of the molecule is COC(CN(C(=O)CCNCCc1cccc(F)c1)C1CCCCC1)OC. The van der Waals surface area contributed by atoms with E-state index in [4.69, 9.17) is 9.47 Å². The normalized spacial score (nSPS) is 15.3. The van der Waals surface area contributed by atoms with Crippen molar-refractivity contribution in [2.75, 3.05) is 33.9 Å². The van der Waals surface area contributed by atoms with Crippen LogP contribution in [-0.2, 0) is 20.7 Å². The summed E-state index contributed by atoms with van der Waals surface area (Å²) in [6.07, 6.45) is 6.50. The van der Waals surface area contributed by atoms with Gasteiger partial charge in [-0.25, -0.2) is 4.39 Å². The first-order valence-corrected chi connectivity index (χ1v) is 9.94. The Morgan fingerprint density at radius 2 is 1.96 bits per heavy atom. The maximum absolute atomic E-state index is 13.2. The van der Waals surface area contributed by atoms with Gasteiger partial charge in [-0.3, -0.25) is 4.79 Å². The second-order valence-electron chi connectivity index (χ2n) is 7.12. The van der Waals surface area contributed by atoms with Crippen molar-refractivity contribution in [3.05, 3.63) is 35.6 Å². The van der Waals surface area contributed by atoms with Crippen LogP contribution in [0.5, 0.6) is 0 Å². The third kappa shape index (κ3) is 7.56. The molecule has 1 amide bonds. The molecule has 1 aromatic rings. The van der Waals surface area contributed by atoms with E-state index < -0.39 is 6.29 Å². The molecular formula is C21H33FN2O3. The number of hydrogen-bond donors (Lipinski definition) is 1. The zero-order chi connectivity index (χ0) is 19.5. The second kappa shape index (κ2) is 12.1. The van der Waals surface area contributed by atoms with Gasteiger partial charge in [-0.15, -0.1) is 0 Å². The Kier molecular flexibility index (Phi) is 9.73. The fourth-order valence-electron chi connectivity index (χ4n) is 3.64. The summed E-state index contributed by atoms with van der Waals surface area (Å²) in [4.78, 5) is 14.8. The Labute approximate surface area is 162 Å². The molecular weight excluding hydrogens is 347 g/mol. The highest BCUT2D eigenvalue weighted by Crippen LogP contribution is 2.23. The number of amides is 1. The van der Waals surface area contributed by atoms with Crippen LogP contribution >= 0.6 is 0 Å². The number of hydrogen-bond acceptors (Lipinski definition) is 4. The van der Waals surface area contributed by atoms with Gasteiger partial charge in [0.15, 0.2) is 6.29 Å². The lowest BCUT2D eigenvalue weighted by molar-refractivity contribution is -0.150. The molecule has 152 valence electrons. The minimum absolute atomic E-state index is 0.138. The van der Waals surface area contributed by atoms with Crippen molar-refractivity contribution in [1.29, 1.82) is 0 Å². The molecule has 0 spiro atoms. The molecule has 0 unspecified atom stereocenters. The molecule has 1 fully saturated rings. The van der Waals surface area contributed by atoms with Gasteiger partial charge >= 0.3 is 0 Å². The Morgan fingerprint density at radius 3 is 2.63 bits per heavy atom. The molecule has 6 heteroatoms. The van der Waals surface area contributed by atoms with Crippen molar-refractivity contribution in [3.63, 3.8) is 0 Å². The highest BCUT2D eigenvalue weighted by atomic mass is 19.1. The summed E-state index contributed by atoms with van der Waals surface area (Å²) in [5.41, 5.74) is 0.959. The van der Waals surface area contributed by atoms with Gasteiger partial charge in [0.1, 0.15) is 5.82 Å². The maximum Gasteiger partial charge on any atom is 0.224 e. The largest absolute Gasteiger partial charge is 0.354 e. The number of benzene rings is 1. The minimum Gasteiger partial charge on any atom is -0.354 e. The van der Waals surface area contributed by atoms with E-state index in [9.17, 15) is 9.18 Å². The van der Waals surface area contributed by atoms with Crippen molar-refractivity contribution in [3.8, 4) is 0 Å². The molecule has 1 aromatic carbocycles. The van der Waals surface area contributed by atoms with Crippen LogP contribution < -0.4 is 5.32 Å². The van der Waals surface area contributed by atoms with Crippen molar-refractivity contribution in [2.45, 2.75) is 57.3 Å². The summed E-state index contributed by atoms with van der Waals surface area (Å²) in [6.45, 7) is 1.81. The van der Waals surface area contributed by atoms with Crippen LogP contribution in [0, 0.1) is 5.82 Å². The summed E-state index contributed by atoms with van der Waals surface area (Å²) in [5.74, 6) is -0.0732. The van der Waals surface area contributed by atoms with Crippen LogP contribution in [0.3, 0.4) is 0 Å². The molecule has 5 nitrogen and oxygen atoms in total. The topological polar surface area (TPSA) is 50.8 Å². The first kappa shape index (κ1) is 21.8. The summed E-state index contributed by atoms with van der Waals surface area (Å²) in [6, 6.07) is 6.91. The number of rotatable bonds is 11. The standard InChI is InChI=1S/C21H33FN2O3/c1-26-21(27-2)16-24(19-9-4-3-5-10-19)20(25)12-14-23-13-11-17-7-6-8-18(22)15-17/h6-8,15,19,21,23H,3-5,9-14,16H2,1-2H3. The van der Waals surface area contributed by atoms with E-state index in [2.05, 4.69) is 5.32 Å².